The highest BCUT2D eigenvalue weighted by molar-refractivity contribution is 7.85. The first kappa shape index (κ1) is 13.3. The molecule has 1 aromatic heterocycles. The minimum absolute atomic E-state index is 0.0396. The lowest BCUT2D eigenvalue weighted by Crippen LogP contribution is -2.00. The summed E-state index contributed by atoms with van der Waals surface area (Å²) in [5.74, 6) is 0.184. The van der Waals surface area contributed by atoms with Gasteiger partial charge in [-0.1, -0.05) is 0 Å². The third-order valence-electron chi connectivity index (χ3n) is 2.44. The zero-order chi connectivity index (χ0) is 14.0. The van der Waals surface area contributed by atoms with Crippen LogP contribution in [0.2, 0.25) is 0 Å². The van der Waals surface area contributed by atoms with Crippen molar-refractivity contribution in [2.45, 2.75) is 5.09 Å². The highest BCUT2D eigenvalue weighted by atomic mass is 32.2. The molecule has 0 aliphatic carbocycles. The third-order valence-corrected chi connectivity index (χ3v) is 3.17. The van der Waals surface area contributed by atoms with Gasteiger partial charge in [0.15, 0.2) is 5.78 Å². The smallest absolute Gasteiger partial charge is 0.328 e. The fourth-order valence-corrected chi connectivity index (χ4v) is 1.93. The van der Waals surface area contributed by atoms with E-state index in [4.69, 9.17) is 9.29 Å². The van der Waals surface area contributed by atoms with Crippen LogP contribution in [0.5, 0.6) is 5.75 Å². The van der Waals surface area contributed by atoms with Crippen molar-refractivity contribution in [3.63, 3.8) is 0 Å². The van der Waals surface area contributed by atoms with Crippen LogP contribution < -0.4 is 4.74 Å². The zero-order valence-corrected chi connectivity index (χ0v) is 10.7. The van der Waals surface area contributed by atoms with Crippen LogP contribution >= 0.6 is 0 Å². The Bertz CT molecular complexity index is 696. The molecule has 0 aliphatic rings. The maximum absolute atomic E-state index is 12.0. The van der Waals surface area contributed by atoms with Crippen LogP contribution in [-0.4, -0.2) is 25.9 Å². The predicted molar refractivity (Wildman–Crippen MR) is 64.9 cm³/mol. The third kappa shape index (κ3) is 2.83. The number of furan rings is 1. The molecule has 0 atom stereocenters. The van der Waals surface area contributed by atoms with Crippen molar-refractivity contribution >= 4 is 15.9 Å². The van der Waals surface area contributed by atoms with Crippen molar-refractivity contribution < 1.29 is 26.9 Å². The van der Waals surface area contributed by atoms with Crippen molar-refractivity contribution in [3.8, 4) is 5.75 Å². The minimum atomic E-state index is -4.45. The molecule has 1 heterocycles. The van der Waals surface area contributed by atoms with Crippen LogP contribution in [0.3, 0.4) is 0 Å². The van der Waals surface area contributed by atoms with Crippen molar-refractivity contribution in [1.82, 2.24) is 0 Å². The molecule has 0 unspecified atom stereocenters. The maximum Gasteiger partial charge on any atom is 0.328 e. The van der Waals surface area contributed by atoms with Gasteiger partial charge in [-0.3, -0.25) is 9.35 Å². The second kappa shape index (κ2) is 4.87. The summed E-state index contributed by atoms with van der Waals surface area (Å²) in [5.41, 5.74) is 0.390. The molecule has 2 rings (SSSR count). The highest BCUT2D eigenvalue weighted by Crippen LogP contribution is 2.18. The lowest BCUT2D eigenvalue weighted by atomic mass is 10.1. The summed E-state index contributed by atoms with van der Waals surface area (Å²) in [4.78, 5) is 12.0. The molecular formula is C12H10O6S. The van der Waals surface area contributed by atoms with Gasteiger partial charge in [0.2, 0.25) is 5.09 Å². The normalized spacial score (nSPS) is 11.3. The largest absolute Gasteiger partial charge is 0.497 e. The Morgan fingerprint density at radius 3 is 2.32 bits per heavy atom. The van der Waals surface area contributed by atoms with Crippen molar-refractivity contribution in [3.05, 3.63) is 47.7 Å². The van der Waals surface area contributed by atoms with Crippen molar-refractivity contribution in [1.29, 1.82) is 0 Å². The molecule has 0 radical (unpaired) electrons. The summed E-state index contributed by atoms with van der Waals surface area (Å²) in [6.07, 6.45) is 0.982. The molecule has 0 bridgehead atoms. The SMILES string of the molecule is COc1ccc(C(=O)c2coc(S(=O)(=O)O)c2)cc1. The van der Waals surface area contributed by atoms with Crippen molar-refractivity contribution in [2.24, 2.45) is 0 Å². The predicted octanol–water partition coefficient (Wildman–Crippen LogP) is 1.77. The van der Waals surface area contributed by atoms with E-state index in [2.05, 4.69) is 4.42 Å². The van der Waals surface area contributed by atoms with Gasteiger partial charge >= 0.3 is 10.1 Å². The lowest BCUT2D eigenvalue weighted by molar-refractivity contribution is 0.103. The molecule has 0 fully saturated rings. The number of hydrogen-bond acceptors (Lipinski definition) is 5. The highest BCUT2D eigenvalue weighted by Gasteiger charge is 2.19. The van der Waals surface area contributed by atoms with E-state index in [0.717, 1.165) is 12.3 Å². The summed E-state index contributed by atoms with van der Waals surface area (Å²) in [7, 11) is -2.94. The van der Waals surface area contributed by atoms with Gasteiger partial charge in [-0.2, -0.15) is 8.42 Å². The zero-order valence-electron chi connectivity index (χ0n) is 9.86. The fraction of sp³-hybridized carbons (Fsp3) is 0.0833. The molecule has 6 nitrogen and oxygen atoms in total. The molecule has 0 aliphatic heterocycles. The minimum Gasteiger partial charge on any atom is -0.497 e. The van der Waals surface area contributed by atoms with E-state index in [1.54, 1.807) is 24.3 Å². The second-order valence-corrected chi connectivity index (χ2v) is 5.04. The van der Waals surface area contributed by atoms with E-state index in [1.807, 2.05) is 0 Å². The Morgan fingerprint density at radius 2 is 1.84 bits per heavy atom. The molecule has 0 saturated heterocycles. The molecule has 2 aromatic rings. The van der Waals surface area contributed by atoms with Crippen LogP contribution in [0.15, 0.2) is 46.1 Å². The van der Waals surface area contributed by atoms with E-state index in [-0.39, 0.29) is 5.56 Å². The molecule has 0 amide bonds. The number of ether oxygens (including phenoxy) is 1. The number of rotatable bonds is 4. The Balaban J connectivity index is 2.31. The standard InChI is InChI=1S/C12H10O6S/c1-17-10-4-2-8(3-5-10)12(13)9-6-11(18-7-9)19(14,15)16/h2-7H,1H3,(H,14,15,16). The molecule has 100 valence electrons. The summed E-state index contributed by atoms with van der Waals surface area (Å²) >= 11 is 0. The summed E-state index contributed by atoms with van der Waals surface area (Å²) < 4.78 is 40.0. The van der Waals surface area contributed by atoms with Gasteiger partial charge in [0.05, 0.1) is 12.7 Å². The van der Waals surface area contributed by atoms with E-state index in [9.17, 15) is 13.2 Å². The molecule has 1 N–H and O–H groups in total. The molecule has 19 heavy (non-hydrogen) atoms. The van der Waals surface area contributed by atoms with E-state index < -0.39 is 21.0 Å². The Kier molecular flexibility index (Phi) is 3.41. The number of benzene rings is 1. The van der Waals surface area contributed by atoms with Crippen LogP contribution in [-0.2, 0) is 10.1 Å². The van der Waals surface area contributed by atoms with Gasteiger partial charge in [-0.15, -0.1) is 0 Å². The average Bonchev–Trinajstić information content (AvgIpc) is 2.87. The first-order chi connectivity index (χ1) is 8.91. The number of carbonyl (C=O) groups is 1. The van der Waals surface area contributed by atoms with Gasteiger partial charge < -0.3 is 9.15 Å². The van der Waals surface area contributed by atoms with Crippen LogP contribution in [0.4, 0.5) is 0 Å². The Hall–Kier alpha value is -2.12. The van der Waals surface area contributed by atoms with E-state index in [1.165, 1.54) is 7.11 Å². The topological polar surface area (TPSA) is 93.8 Å². The number of ketones is 1. The van der Waals surface area contributed by atoms with Crippen molar-refractivity contribution in [2.75, 3.05) is 7.11 Å². The molecule has 0 saturated carbocycles. The molecule has 0 spiro atoms. The van der Waals surface area contributed by atoms with Crippen LogP contribution in [0.1, 0.15) is 15.9 Å². The average molecular weight is 282 g/mol. The Labute approximate surface area is 109 Å². The first-order valence-corrected chi connectivity index (χ1v) is 6.60. The van der Waals surface area contributed by atoms with E-state index in [0.29, 0.717) is 11.3 Å². The monoisotopic (exact) mass is 282 g/mol. The first-order valence-electron chi connectivity index (χ1n) is 5.16. The maximum atomic E-state index is 12.0. The second-order valence-electron chi connectivity index (χ2n) is 3.69. The number of carbonyl (C=O) groups excluding carboxylic acids is 1. The van der Waals surface area contributed by atoms with Gasteiger partial charge in [0.1, 0.15) is 12.0 Å². The van der Waals surface area contributed by atoms with Gasteiger partial charge in [0.25, 0.3) is 0 Å². The Morgan fingerprint density at radius 1 is 1.21 bits per heavy atom. The summed E-state index contributed by atoms with van der Waals surface area (Å²) in [5, 5.41) is -0.663. The van der Waals surface area contributed by atoms with Crippen LogP contribution in [0.25, 0.3) is 0 Å². The summed E-state index contributed by atoms with van der Waals surface area (Å²) in [6.45, 7) is 0. The number of hydrogen-bond donors (Lipinski definition) is 1. The number of methoxy groups -OCH3 is 1. The fourth-order valence-electron chi connectivity index (χ4n) is 1.48. The molecule has 7 heteroatoms. The van der Waals surface area contributed by atoms with Crippen LogP contribution in [0, 0.1) is 0 Å². The lowest BCUT2D eigenvalue weighted by Gasteiger charge is -2.00. The van der Waals surface area contributed by atoms with Gasteiger partial charge in [-0.05, 0) is 24.3 Å². The van der Waals surface area contributed by atoms with Gasteiger partial charge in [-0.25, -0.2) is 0 Å². The van der Waals surface area contributed by atoms with E-state index >= 15 is 0 Å². The molecular weight excluding hydrogens is 272 g/mol. The quantitative estimate of drug-likeness (QED) is 0.678. The molecule has 1 aromatic carbocycles. The van der Waals surface area contributed by atoms with Gasteiger partial charge in [0, 0.05) is 11.6 Å². The summed E-state index contributed by atoms with van der Waals surface area (Å²) in [6, 6.07) is 7.28.